The third-order valence-electron chi connectivity index (χ3n) is 5.20. The molecule has 0 saturated carbocycles. The van der Waals surface area contributed by atoms with Gasteiger partial charge in [-0.2, -0.15) is 5.26 Å². The number of nitrogen functional groups attached to an aromatic ring is 1. The average molecular weight is 457 g/mol. The molecule has 0 fully saturated rings. The molecular formula is C21H21FN6OS2. The number of nitrogens with one attached hydrogen (secondary N) is 1. The fourth-order valence-electron chi connectivity index (χ4n) is 3.56. The number of thioether (sulfide) groups is 1. The third kappa shape index (κ3) is 4.29. The number of carbonyl (C=O) groups excluding carboxylic acids is 1. The molecule has 1 aromatic carbocycles. The summed E-state index contributed by atoms with van der Waals surface area (Å²) in [6, 6.07) is 8.42. The van der Waals surface area contributed by atoms with E-state index in [-0.39, 0.29) is 17.3 Å². The molecule has 1 atom stereocenters. The van der Waals surface area contributed by atoms with Crippen LogP contribution in [0, 0.1) is 17.1 Å². The molecule has 3 aromatic rings. The Hall–Kier alpha value is -2.90. The lowest BCUT2D eigenvalue weighted by Gasteiger charge is -2.11. The lowest BCUT2D eigenvalue weighted by Crippen LogP contribution is -2.23. The van der Waals surface area contributed by atoms with Gasteiger partial charge in [0.15, 0.2) is 5.82 Å². The van der Waals surface area contributed by atoms with Gasteiger partial charge in [0.1, 0.15) is 16.9 Å². The van der Waals surface area contributed by atoms with Crippen molar-refractivity contribution in [1.29, 1.82) is 5.26 Å². The number of aryl methyl sites for hydroxylation is 1. The van der Waals surface area contributed by atoms with Crippen molar-refractivity contribution in [3.8, 4) is 17.5 Å². The first kappa shape index (κ1) is 21.3. The Morgan fingerprint density at radius 2 is 2.10 bits per heavy atom. The molecule has 1 unspecified atom stereocenters. The van der Waals surface area contributed by atoms with Gasteiger partial charge in [-0.3, -0.25) is 4.79 Å². The van der Waals surface area contributed by atoms with Crippen molar-refractivity contribution in [1.82, 2.24) is 14.9 Å². The molecule has 1 aliphatic carbocycles. The molecule has 1 amide bonds. The van der Waals surface area contributed by atoms with Gasteiger partial charge in [0.25, 0.3) is 0 Å². The topological polar surface area (TPSA) is 110 Å². The molecule has 0 aliphatic heterocycles. The number of nitrogens with two attached hydrogens (primary N) is 1. The molecular weight excluding hydrogens is 435 g/mol. The summed E-state index contributed by atoms with van der Waals surface area (Å²) in [5.74, 6) is 5.54. The highest BCUT2D eigenvalue weighted by atomic mass is 32.2. The van der Waals surface area contributed by atoms with Gasteiger partial charge in [-0.1, -0.05) is 30.3 Å². The zero-order valence-electron chi connectivity index (χ0n) is 16.9. The molecule has 160 valence electrons. The number of carbonyl (C=O) groups is 1. The summed E-state index contributed by atoms with van der Waals surface area (Å²) in [7, 11) is 0. The number of hydrogen-bond acceptors (Lipinski definition) is 7. The van der Waals surface area contributed by atoms with Crippen LogP contribution in [0.4, 0.5) is 9.39 Å². The third-order valence-corrected chi connectivity index (χ3v) is 7.46. The van der Waals surface area contributed by atoms with Crippen molar-refractivity contribution >= 4 is 34.0 Å². The SMILES string of the molecule is CC(Sc1nnc(-c2ccccc2F)n1N)C(=O)Nc1sc2c(c1C#N)CCCCC2. The molecule has 0 bridgehead atoms. The molecule has 0 saturated heterocycles. The minimum absolute atomic E-state index is 0.182. The monoisotopic (exact) mass is 456 g/mol. The molecule has 4 rings (SSSR count). The molecule has 7 nitrogen and oxygen atoms in total. The minimum Gasteiger partial charge on any atom is -0.335 e. The Morgan fingerprint density at radius 1 is 1.32 bits per heavy atom. The molecule has 2 heterocycles. The number of anilines is 1. The van der Waals surface area contributed by atoms with Gasteiger partial charge in [-0.15, -0.1) is 21.5 Å². The second-order valence-electron chi connectivity index (χ2n) is 7.29. The Labute approximate surface area is 187 Å². The zero-order valence-corrected chi connectivity index (χ0v) is 18.5. The minimum atomic E-state index is -0.548. The number of fused-ring (bicyclic) bond motifs is 1. The standard InChI is InChI=1S/C21H21FN6OS2/c1-12(30-21-27-26-18(28(21)24)14-8-5-6-9-16(14)22)19(29)25-20-15(11-23)13-7-3-2-4-10-17(13)31-20/h5-6,8-9,12H,2-4,7,10,24H2,1H3,(H,25,29). The summed E-state index contributed by atoms with van der Waals surface area (Å²) in [5.41, 5.74) is 1.90. The fourth-order valence-corrected chi connectivity index (χ4v) is 5.57. The smallest absolute Gasteiger partial charge is 0.238 e. The van der Waals surface area contributed by atoms with Gasteiger partial charge >= 0.3 is 0 Å². The normalized spacial score (nSPS) is 14.4. The number of amides is 1. The van der Waals surface area contributed by atoms with Gasteiger partial charge in [-0.05, 0) is 50.3 Å². The zero-order chi connectivity index (χ0) is 22.0. The van der Waals surface area contributed by atoms with Crippen molar-refractivity contribution < 1.29 is 9.18 Å². The summed E-state index contributed by atoms with van der Waals surface area (Å²) < 4.78 is 15.2. The van der Waals surface area contributed by atoms with E-state index in [4.69, 9.17) is 5.84 Å². The molecule has 1 aliphatic rings. The Balaban J connectivity index is 1.49. The van der Waals surface area contributed by atoms with Crippen molar-refractivity contribution in [2.45, 2.75) is 49.4 Å². The van der Waals surface area contributed by atoms with Crippen LogP contribution in [0.25, 0.3) is 11.4 Å². The Bertz CT molecular complexity index is 1170. The average Bonchev–Trinajstić information content (AvgIpc) is 3.18. The van der Waals surface area contributed by atoms with Crippen LogP contribution in [0.3, 0.4) is 0 Å². The highest BCUT2D eigenvalue weighted by Gasteiger charge is 2.25. The van der Waals surface area contributed by atoms with E-state index in [1.54, 1.807) is 25.1 Å². The maximum absolute atomic E-state index is 14.1. The van der Waals surface area contributed by atoms with E-state index < -0.39 is 11.1 Å². The quantitative estimate of drug-likeness (QED) is 0.340. The molecule has 2 aromatic heterocycles. The van der Waals surface area contributed by atoms with Crippen LogP contribution in [0.2, 0.25) is 0 Å². The molecule has 0 spiro atoms. The lowest BCUT2D eigenvalue weighted by atomic mass is 10.1. The number of halogens is 1. The highest BCUT2D eigenvalue weighted by molar-refractivity contribution is 8.00. The van der Waals surface area contributed by atoms with Crippen molar-refractivity contribution in [2.24, 2.45) is 0 Å². The summed E-state index contributed by atoms with van der Waals surface area (Å²) >= 11 is 2.62. The van der Waals surface area contributed by atoms with Crippen LogP contribution in [-0.2, 0) is 17.6 Å². The largest absolute Gasteiger partial charge is 0.335 e. The van der Waals surface area contributed by atoms with Crippen LogP contribution < -0.4 is 11.2 Å². The summed E-state index contributed by atoms with van der Waals surface area (Å²) in [5, 5.41) is 20.9. The van der Waals surface area contributed by atoms with Gasteiger partial charge in [0.2, 0.25) is 11.1 Å². The van der Waals surface area contributed by atoms with Crippen molar-refractivity contribution in [3.05, 3.63) is 46.1 Å². The fraction of sp³-hybridized carbons (Fsp3) is 0.333. The van der Waals surface area contributed by atoms with Crippen LogP contribution in [0.5, 0.6) is 0 Å². The molecule has 3 N–H and O–H groups in total. The number of hydrogen-bond donors (Lipinski definition) is 2. The summed E-state index contributed by atoms with van der Waals surface area (Å²) in [6.07, 6.45) is 5.16. The molecule has 0 radical (unpaired) electrons. The summed E-state index contributed by atoms with van der Waals surface area (Å²) in [4.78, 5) is 14.0. The number of thiophene rings is 1. The molecule has 10 heteroatoms. The van der Waals surface area contributed by atoms with E-state index in [0.29, 0.717) is 15.7 Å². The Morgan fingerprint density at radius 3 is 2.87 bits per heavy atom. The predicted molar refractivity (Wildman–Crippen MR) is 120 cm³/mol. The second kappa shape index (κ2) is 9.08. The number of benzene rings is 1. The van der Waals surface area contributed by atoms with Crippen molar-refractivity contribution in [3.63, 3.8) is 0 Å². The van der Waals surface area contributed by atoms with Gasteiger partial charge < -0.3 is 11.2 Å². The van der Waals surface area contributed by atoms with Crippen LogP contribution in [-0.4, -0.2) is 26.0 Å². The van der Waals surface area contributed by atoms with E-state index in [2.05, 4.69) is 21.6 Å². The maximum atomic E-state index is 14.1. The van der Waals surface area contributed by atoms with Crippen LogP contribution in [0.1, 0.15) is 42.2 Å². The van der Waals surface area contributed by atoms with Crippen LogP contribution >= 0.6 is 23.1 Å². The second-order valence-corrected chi connectivity index (χ2v) is 9.70. The summed E-state index contributed by atoms with van der Waals surface area (Å²) in [6.45, 7) is 1.72. The number of aromatic nitrogens is 3. The lowest BCUT2D eigenvalue weighted by molar-refractivity contribution is -0.115. The first-order valence-corrected chi connectivity index (χ1v) is 11.7. The Kier molecular flexibility index (Phi) is 6.25. The number of rotatable bonds is 5. The highest BCUT2D eigenvalue weighted by Crippen LogP contribution is 2.37. The van der Waals surface area contributed by atoms with E-state index in [0.717, 1.165) is 49.4 Å². The van der Waals surface area contributed by atoms with Crippen molar-refractivity contribution in [2.75, 3.05) is 11.2 Å². The van der Waals surface area contributed by atoms with Gasteiger partial charge in [0.05, 0.1) is 16.4 Å². The van der Waals surface area contributed by atoms with Crippen LogP contribution in [0.15, 0.2) is 29.4 Å². The first-order chi connectivity index (χ1) is 15.0. The number of nitrogens with zero attached hydrogens (tertiary/aromatic N) is 4. The van der Waals surface area contributed by atoms with E-state index in [9.17, 15) is 14.4 Å². The van der Waals surface area contributed by atoms with Gasteiger partial charge in [-0.25, -0.2) is 9.07 Å². The first-order valence-electron chi connectivity index (χ1n) is 9.97. The van der Waals surface area contributed by atoms with E-state index in [1.807, 2.05) is 0 Å². The number of nitriles is 1. The van der Waals surface area contributed by atoms with Gasteiger partial charge in [0, 0.05) is 4.88 Å². The van der Waals surface area contributed by atoms with E-state index >= 15 is 0 Å². The van der Waals surface area contributed by atoms with E-state index in [1.165, 1.54) is 27.0 Å². The maximum Gasteiger partial charge on any atom is 0.238 e. The predicted octanol–water partition coefficient (Wildman–Crippen LogP) is 4.12. The molecule has 31 heavy (non-hydrogen) atoms.